The molecule has 1 aromatic carbocycles. The van der Waals surface area contributed by atoms with E-state index in [2.05, 4.69) is 15.5 Å². The highest BCUT2D eigenvalue weighted by atomic mass is 35.5. The van der Waals surface area contributed by atoms with E-state index < -0.39 is 0 Å². The van der Waals surface area contributed by atoms with Gasteiger partial charge in [-0.3, -0.25) is 9.69 Å². The number of halogens is 2. The first-order chi connectivity index (χ1) is 14.6. The van der Waals surface area contributed by atoms with Crippen LogP contribution in [-0.2, 0) is 6.54 Å². The zero-order valence-electron chi connectivity index (χ0n) is 16.9. The number of carbonyl (C=O) groups is 1. The number of aromatic nitrogens is 1. The fourth-order valence-electron chi connectivity index (χ4n) is 3.80. The van der Waals surface area contributed by atoms with Crippen molar-refractivity contribution in [3.63, 3.8) is 0 Å². The van der Waals surface area contributed by atoms with Crippen LogP contribution >= 0.6 is 11.6 Å². The number of amides is 2. The lowest BCUT2D eigenvalue weighted by molar-refractivity contribution is 0.218. The molecule has 1 unspecified atom stereocenters. The third-order valence-corrected chi connectivity index (χ3v) is 5.71. The van der Waals surface area contributed by atoms with Crippen molar-refractivity contribution in [1.82, 2.24) is 20.1 Å². The number of benzene rings is 1. The average molecular weight is 435 g/mol. The quantitative estimate of drug-likeness (QED) is 0.593. The molecule has 6 nitrogen and oxygen atoms in total. The van der Waals surface area contributed by atoms with Gasteiger partial charge < -0.3 is 15.2 Å². The molecule has 162 valence electrons. The normalized spacial score (nSPS) is 15.1. The number of urea groups is 1. The van der Waals surface area contributed by atoms with Crippen LogP contribution in [0, 0.1) is 5.82 Å². The second kappa shape index (κ2) is 11.1. The van der Waals surface area contributed by atoms with E-state index in [1.54, 1.807) is 29.0 Å². The van der Waals surface area contributed by atoms with Gasteiger partial charge in [0.15, 0.2) is 0 Å². The SMILES string of the molecule is O=C(NCCCCn1ccccc1=O)NCC(c1c(F)cccc1Cl)N1CCCC1. The average Bonchev–Trinajstić information content (AvgIpc) is 3.25. The summed E-state index contributed by atoms with van der Waals surface area (Å²) in [6, 6.07) is 9.17. The minimum Gasteiger partial charge on any atom is -0.338 e. The van der Waals surface area contributed by atoms with Gasteiger partial charge in [-0.1, -0.05) is 23.7 Å². The monoisotopic (exact) mass is 434 g/mol. The van der Waals surface area contributed by atoms with E-state index in [0.29, 0.717) is 23.7 Å². The second-order valence-electron chi connectivity index (χ2n) is 7.47. The Bertz CT molecular complexity index is 878. The fraction of sp³-hybridized carbons (Fsp3) is 0.455. The topological polar surface area (TPSA) is 66.4 Å². The van der Waals surface area contributed by atoms with E-state index in [0.717, 1.165) is 38.8 Å². The van der Waals surface area contributed by atoms with Crippen molar-refractivity contribution in [1.29, 1.82) is 0 Å². The summed E-state index contributed by atoms with van der Waals surface area (Å²) in [5.41, 5.74) is 0.414. The molecule has 0 bridgehead atoms. The van der Waals surface area contributed by atoms with Crippen molar-refractivity contribution in [3.05, 3.63) is 69.4 Å². The van der Waals surface area contributed by atoms with E-state index in [1.165, 1.54) is 12.1 Å². The number of nitrogens with zero attached hydrogens (tertiary/aromatic N) is 2. The fourth-order valence-corrected chi connectivity index (χ4v) is 4.09. The highest BCUT2D eigenvalue weighted by Gasteiger charge is 2.28. The first-order valence-electron chi connectivity index (χ1n) is 10.4. The van der Waals surface area contributed by atoms with E-state index in [1.807, 2.05) is 6.07 Å². The Hall–Kier alpha value is -2.38. The van der Waals surface area contributed by atoms with Gasteiger partial charge in [0.2, 0.25) is 5.56 Å². The first kappa shape index (κ1) is 22.3. The van der Waals surface area contributed by atoms with Crippen LogP contribution in [0.2, 0.25) is 5.02 Å². The lowest BCUT2D eigenvalue weighted by Gasteiger charge is -2.29. The summed E-state index contributed by atoms with van der Waals surface area (Å²) in [6.45, 7) is 3.12. The van der Waals surface area contributed by atoms with Crippen LogP contribution in [0.3, 0.4) is 0 Å². The molecule has 1 atom stereocenters. The predicted octanol–water partition coefficient (Wildman–Crippen LogP) is 3.56. The Morgan fingerprint density at radius 2 is 1.90 bits per heavy atom. The van der Waals surface area contributed by atoms with E-state index in [-0.39, 0.29) is 30.0 Å². The molecular weight excluding hydrogens is 407 g/mol. The van der Waals surface area contributed by atoms with Crippen molar-refractivity contribution >= 4 is 17.6 Å². The van der Waals surface area contributed by atoms with Gasteiger partial charge in [-0.15, -0.1) is 0 Å². The molecule has 2 N–H and O–H groups in total. The highest BCUT2D eigenvalue weighted by molar-refractivity contribution is 6.31. The van der Waals surface area contributed by atoms with Gasteiger partial charge in [0, 0.05) is 42.5 Å². The number of hydrogen-bond acceptors (Lipinski definition) is 3. The van der Waals surface area contributed by atoms with E-state index in [4.69, 9.17) is 11.6 Å². The molecule has 1 aliphatic heterocycles. The van der Waals surface area contributed by atoms with Crippen molar-refractivity contribution in [2.24, 2.45) is 0 Å². The molecule has 1 fully saturated rings. The minimum atomic E-state index is -0.349. The summed E-state index contributed by atoms with van der Waals surface area (Å²) < 4.78 is 16.1. The molecule has 2 heterocycles. The van der Waals surface area contributed by atoms with Crippen LogP contribution in [0.1, 0.15) is 37.3 Å². The maximum atomic E-state index is 14.5. The molecule has 8 heteroatoms. The molecule has 3 rings (SSSR count). The molecule has 1 aliphatic rings. The number of carbonyl (C=O) groups excluding carboxylic acids is 1. The molecular formula is C22H28ClFN4O2. The van der Waals surface area contributed by atoms with Crippen molar-refractivity contribution < 1.29 is 9.18 Å². The molecule has 30 heavy (non-hydrogen) atoms. The van der Waals surface area contributed by atoms with Gasteiger partial charge in [-0.2, -0.15) is 0 Å². The number of nitrogens with one attached hydrogen (secondary N) is 2. The van der Waals surface area contributed by atoms with Gasteiger partial charge in [0.1, 0.15) is 5.82 Å². The second-order valence-corrected chi connectivity index (χ2v) is 7.88. The zero-order valence-corrected chi connectivity index (χ0v) is 17.7. The summed E-state index contributed by atoms with van der Waals surface area (Å²) in [6.07, 6.45) is 5.40. The van der Waals surface area contributed by atoms with E-state index >= 15 is 0 Å². The third-order valence-electron chi connectivity index (χ3n) is 5.38. The Kier molecular flexibility index (Phi) is 8.28. The largest absolute Gasteiger partial charge is 0.338 e. The van der Waals surface area contributed by atoms with Crippen LogP contribution in [-0.4, -0.2) is 41.7 Å². The Labute approximate surface area is 181 Å². The lowest BCUT2D eigenvalue weighted by Crippen LogP contribution is -2.42. The Morgan fingerprint density at radius 3 is 2.63 bits per heavy atom. The minimum absolute atomic E-state index is 0.0250. The van der Waals surface area contributed by atoms with Gasteiger partial charge >= 0.3 is 6.03 Å². The van der Waals surface area contributed by atoms with Crippen LogP contribution in [0.15, 0.2) is 47.4 Å². The van der Waals surface area contributed by atoms with Crippen molar-refractivity contribution in [3.8, 4) is 0 Å². The van der Waals surface area contributed by atoms with Gasteiger partial charge in [0.25, 0.3) is 0 Å². The van der Waals surface area contributed by atoms with Gasteiger partial charge in [-0.25, -0.2) is 9.18 Å². The molecule has 0 spiro atoms. The van der Waals surface area contributed by atoms with Gasteiger partial charge in [0.05, 0.1) is 6.04 Å². The van der Waals surface area contributed by atoms with E-state index in [9.17, 15) is 14.0 Å². The van der Waals surface area contributed by atoms with Crippen LogP contribution in [0.4, 0.5) is 9.18 Å². The first-order valence-corrected chi connectivity index (χ1v) is 10.8. The van der Waals surface area contributed by atoms with Crippen molar-refractivity contribution in [2.75, 3.05) is 26.2 Å². The number of pyridine rings is 1. The lowest BCUT2D eigenvalue weighted by atomic mass is 10.0. The summed E-state index contributed by atoms with van der Waals surface area (Å²) in [5.74, 6) is -0.349. The standard InChI is InChI=1S/C22H28ClFN4O2/c23-17-8-7-9-18(24)21(17)19(27-12-5-6-13-27)16-26-22(30)25-11-2-4-15-28-14-3-1-10-20(28)29/h1,3,7-10,14,19H,2,4-6,11-13,15-16H2,(H2,25,26,30). The zero-order chi connectivity index (χ0) is 21.3. The molecule has 2 aromatic rings. The van der Waals surface area contributed by atoms with Crippen LogP contribution in [0.5, 0.6) is 0 Å². The number of aryl methyl sites for hydroxylation is 1. The molecule has 2 amide bonds. The summed E-state index contributed by atoms with van der Waals surface area (Å²) in [4.78, 5) is 26.1. The molecule has 1 saturated heterocycles. The smallest absolute Gasteiger partial charge is 0.314 e. The molecule has 1 aromatic heterocycles. The Morgan fingerprint density at radius 1 is 1.10 bits per heavy atom. The molecule has 0 radical (unpaired) electrons. The number of rotatable bonds is 9. The highest BCUT2D eigenvalue weighted by Crippen LogP contribution is 2.31. The van der Waals surface area contributed by atoms with Gasteiger partial charge in [-0.05, 0) is 57.0 Å². The predicted molar refractivity (Wildman–Crippen MR) is 116 cm³/mol. The van der Waals surface area contributed by atoms with Crippen LogP contribution < -0.4 is 16.2 Å². The molecule has 0 saturated carbocycles. The summed E-state index contributed by atoms with van der Waals surface area (Å²) >= 11 is 6.28. The van der Waals surface area contributed by atoms with Crippen molar-refractivity contribution in [2.45, 2.75) is 38.3 Å². The number of unbranched alkanes of at least 4 members (excludes halogenated alkanes) is 1. The summed E-state index contributed by atoms with van der Waals surface area (Å²) in [7, 11) is 0. The molecule has 0 aliphatic carbocycles. The van der Waals surface area contributed by atoms with Crippen LogP contribution in [0.25, 0.3) is 0 Å². The maximum Gasteiger partial charge on any atom is 0.314 e. The number of hydrogen-bond donors (Lipinski definition) is 2. The third kappa shape index (κ3) is 6.06. The summed E-state index contributed by atoms with van der Waals surface area (Å²) in [5, 5.41) is 6.07. The maximum absolute atomic E-state index is 14.5. The number of likely N-dealkylation sites (tertiary alicyclic amines) is 1. The Balaban J connectivity index is 1.46.